The van der Waals surface area contributed by atoms with Crippen LogP contribution in [0.15, 0.2) is 12.1 Å². The first-order valence-corrected chi connectivity index (χ1v) is 5.88. The maximum atomic E-state index is 13.6. The van der Waals surface area contributed by atoms with Gasteiger partial charge in [-0.3, -0.25) is 9.59 Å². The maximum absolute atomic E-state index is 13.6. The van der Waals surface area contributed by atoms with E-state index in [-0.39, 0.29) is 36.8 Å². The lowest BCUT2D eigenvalue weighted by Gasteiger charge is -2.24. The number of carbonyl (C=O) groups is 2. The maximum Gasteiger partial charge on any atom is 0.236 e. The number of hydrogen-bond acceptors (Lipinski definition) is 5. The van der Waals surface area contributed by atoms with Crippen LogP contribution in [-0.4, -0.2) is 31.5 Å². The van der Waals surface area contributed by atoms with E-state index in [4.69, 9.17) is 21.9 Å². The predicted octanol–water partition coefficient (Wildman–Crippen LogP) is -0.416. The summed E-state index contributed by atoms with van der Waals surface area (Å²) in [6.07, 6.45) is 0. The van der Waals surface area contributed by atoms with E-state index in [0.29, 0.717) is 0 Å². The topological polar surface area (TPSA) is 125 Å². The van der Waals surface area contributed by atoms with Gasteiger partial charge in [0.2, 0.25) is 11.8 Å². The molecule has 6 N–H and O–H groups in total. The summed E-state index contributed by atoms with van der Waals surface area (Å²) in [6.45, 7) is 1.40. The summed E-state index contributed by atoms with van der Waals surface area (Å²) in [5.74, 6) is -2.01. The fourth-order valence-corrected chi connectivity index (χ4v) is 1.70. The number of primary amides is 2. The number of anilines is 2. The Morgan fingerprint density at radius 2 is 1.80 bits per heavy atom. The van der Waals surface area contributed by atoms with Gasteiger partial charge in [0.05, 0.1) is 31.1 Å². The molecule has 0 saturated heterocycles. The quantitative estimate of drug-likeness (QED) is 0.587. The van der Waals surface area contributed by atoms with Gasteiger partial charge in [0, 0.05) is 12.1 Å². The molecule has 20 heavy (non-hydrogen) atoms. The Balaban J connectivity index is 3.19. The fourth-order valence-electron chi connectivity index (χ4n) is 1.70. The molecule has 0 bridgehead atoms. The standard InChI is InChI=1S/C12H17FN4O3/c1-2-20-10-4-9(8(14)3-7(10)13)17(5-11(15)18)6-12(16)19/h3-4H,2,5-6,14H2,1H3,(H2,15,18)(H2,16,19). The molecule has 1 rings (SSSR count). The van der Waals surface area contributed by atoms with E-state index in [1.807, 2.05) is 0 Å². The first-order chi connectivity index (χ1) is 9.35. The molecule has 7 nitrogen and oxygen atoms in total. The lowest BCUT2D eigenvalue weighted by molar-refractivity contribution is -0.117. The van der Waals surface area contributed by atoms with E-state index in [1.54, 1.807) is 6.92 Å². The van der Waals surface area contributed by atoms with E-state index < -0.39 is 17.6 Å². The minimum atomic E-state index is -0.673. The molecule has 1 aromatic carbocycles. The molecule has 2 amide bonds. The second-order valence-electron chi connectivity index (χ2n) is 4.06. The van der Waals surface area contributed by atoms with Crippen LogP contribution >= 0.6 is 0 Å². The highest BCUT2D eigenvalue weighted by Crippen LogP contribution is 2.31. The van der Waals surface area contributed by atoms with E-state index >= 15 is 0 Å². The van der Waals surface area contributed by atoms with Gasteiger partial charge in [0.1, 0.15) is 0 Å². The van der Waals surface area contributed by atoms with Crippen molar-refractivity contribution in [2.24, 2.45) is 11.5 Å². The number of nitrogen functional groups attached to an aromatic ring is 1. The third kappa shape index (κ3) is 4.01. The Kier molecular flexibility index (Phi) is 5.13. The monoisotopic (exact) mass is 284 g/mol. The van der Waals surface area contributed by atoms with E-state index in [9.17, 15) is 14.0 Å². The Bertz CT molecular complexity index is 506. The highest BCUT2D eigenvalue weighted by Gasteiger charge is 2.18. The molecule has 0 radical (unpaired) electrons. The summed E-state index contributed by atoms with van der Waals surface area (Å²) < 4.78 is 18.7. The van der Waals surface area contributed by atoms with Gasteiger partial charge in [-0.15, -0.1) is 0 Å². The predicted molar refractivity (Wildman–Crippen MR) is 72.6 cm³/mol. The van der Waals surface area contributed by atoms with Crippen LogP contribution in [0.5, 0.6) is 5.75 Å². The van der Waals surface area contributed by atoms with E-state index in [1.165, 1.54) is 11.0 Å². The zero-order valence-corrected chi connectivity index (χ0v) is 11.1. The number of amides is 2. The smallest absolute Gasteiger partial charge is 0.236 e. The second-order valence-corrected chi connectivity index (χ2v) is 4.06. The number of ether oxygens (including phenoxy) is 1. The highest BCUT2D eigenvalue weighted by molar-refractivity contribution is 5.87. The SMILES string of the molecule is CCOc1cc(N(CC(N)=O)CC(N)=O)c(N)cc1F. The summed E-state index contributed by atoms with van der Waals surface area (Å²) in [5.41, 5.74) is 16.2. The number of halogens is 1. The van der Waals surface area contributed by atoms with Gasteiger partial charge in [-0.1, -0.05) is 0 Å². The molecule has 0 aliphatic carbocycles. The fraction of sp³-hybridized carbons (Fsp3) is 0.333. The lowest BCUT2D eigenvalue weighted by Crippen LogP contribution is -2.40. The third-order valence-electron chi connectivity index (χ3n) is 2.42. The van der Waals surface area contributed by atoms with Gasteiger partial charge < -0.3 is 26.8 Å². The zero-order valence-electron chi connectivity index (χ0n) is 11.1. The van der Waals surface area contributed by atoms with Crippen LogP contribution in [0, 0.1) is 5.82 Å². The van der Waals surface area contributed by atoms with Gasteiger partial charge >= 0.3 is 0 Å². The molecule has 0 aromatic heterocycles. The highest BCUT2D eigenvalue weighted by atomic mass is 19.1. The van der Waals surface area contributed by atoms with Crippen LogP contribution in [0.1, 0.15) is 6.92 Å². The lowest BCUT2D eigenvalue weighted by atomic mass is 10.2. The summed E-state index contributed by atoms with van der Waals surface area (Å²) in [5, 5.41) is 0. The number of benzene rings is 1. The van der Waals surface area contributed by atoms with Crippen molar-refractivity contribution >= 4 is 23.2 Å². The second kappa shape index (κ2) is 6.60. The van der Waals surface area contributed by atoms with E-state index in [2.05, 4.69) is 0 Å². The molecule has 0 saturated carbocycles. The molecule has 110 valence electrons. The van der Waals surface area contributed by atoms with Crippen molar-refractivity contribution in [3.8, 4) is 5.75 Å². The van der Waals surface area contributed by atoms with Crippen molar-refractivity contribution < 1.29 is 18.7 Å². The van der Waals surface area contributed by atoms with Gasteiger partial charge in [-0.25, -0.2) is 4.39 Å². The molecule has 0 aliphatic rings. The average molecular weight is 284 g/mol. The first kappa shape index (κ1) is 15.5. The molecule has 1 aromatic rings. The van der Waals surface area contributed by atoms with Crippen molar-refractivity contribution in [3.63, 3.8) is 0 Å². The number of rotatable bonds is 7. The summed E-state index contributed by atoms with van der Waals surface area (Å²) in [4.78, 5) is 23.3. The first-order valence-electron chi connectivity index (χ1n) is 5.88. The minimum Gasteiger partial charge on any atom is -0.491 e. The molecular formula is C12H17FN4O3. The number of hydrogen-bond donors (Lipinski definition) is 3. The van der Waals surface area contributed by atoms with Gasteiger partial charge in [0.15, 0.2) is 11.6 Å². The molecule has 0 spiro atoms. The van der Waals surface area contributed by atoms with Crippen LogP contribution in [0.3, 0.4) is 0 Å². The van der Waals surface area contributed by atoms with Crippen LogP contribution in [-0.2, 0) is 9.59 Å². The molecular weight excluding hydrogens is 267 g/mol. The Morgan fingerprint density at radius 3 is 2.25 bits per heavy atom. The third-order valence-corrected chi connectivity index (χ3v) is 2.42. The van der Waals surface area contributed by atoms with E-state index in [0.717, 1.165) is 6.07 Å². The average Bonchev–Trinajstić information content (AvgIpc) is 2.30. The van der Waals surface area contributed by atoms with Crippen molar-refractivity contribution in [2.45, 2.75) is 6.92 Å². The van der Waals surface area contributed by atoms with Gasteiger partial charge in [-0.05, 0) is 6.92 Å². The van der Waals surface area contributed by atoms with Crippen molar-refractivity contribution in [3.05, 3.63) is 17.9 Å². The van der Waals surface area contributed by atoms with Crippen molar-refractivity contribution in [1.29, 1.82) is 0 Å². The summed E-state index contributed by atoms with van der Waals surface area (Å²) in [7, 11) is 0. The van der Waals surface area contributed by atoms with Gasteiger partial charge in [-0.2, -0.15) is 0 Å². The normalized spacial score (nSPS) is 10.1. The van der Waals surface area contributed by atoms with Crippen LogP contribution < -0.4 is 26.8 Å². The van der Waals surface area contributed by atoms with Crippen molar-refractivity contribution in [1.82, 2.24) is 0 Å². The molecule has 0 fully saturated rings. The number of carbonyl (C=O) groups excluding carboxylic acids is 2. The Morgan fingerprint density at radius 1 is 1.25 bits per heavy atom. The molecule has 0 unspecified atom stereocenters. The molecule has 0 atom stereocenters. The molecule has 8 heteroatoms. The van der Waals surface area contributed by atoms with Gasteiger partial charge in [0.25, 0.3) is 0 Å². The summed E-state index contributed by atoms with van der Waals surface area (Å²) >= 11 is 0. The van der Waals surface area contributed by atoms with Crippen molar-refractivity contribution in [2.75, 3.05) is 30.3 Å². The molecule has 0 aliphatic heterocycles. The zero-order chi connectivity index (χ0) is 15.3. The number of nitrogens with two attached hydrogens (primary N) is 3. The van der Waals surface area contributed by atoms with Crippen LogP contribution in [0.25, 0.3) is 0 Å². The number of nitrogens with zero attached hydrogens (tertiary/aromatic N) is 1. The molecule has 0 heterocycles. The van der Waals surface area contributed by atoms with Crippen LogP contribution in [0.4, 0.5) is 15.8 Å². The van der Waals surface area contributed by atoms with Crippen LogP contribution in [0.2, 0.25) is 0 Å². The summed E-state index contributed by atoms with van der Waals surface area (Å²) in [6, 6.07) is 2.36. The minimum absolute atomic E-state index is 0.0318. The largest absolute Gasteiger partial charge is 0.491 e. The Labute approximate surface area is 115 Å². The Hall–Kier alpha value is -2.51.